The topological polar surface area (TPSA) is 46.6 Å². The van der Waals surface area contributed by atoms with Gasteiger partial charge in [-0.3, -0.25) is 0 Å². The molecule has 6 heteroatoms. The lowest BCUT2D eigenvalue weighted by Crippen LogP contribution is -2.53. The van der Waals surface area contributed by atoms with Crippen molar-refractivity contribution in [3.05, 3.63) is 66.2 Å². The number of alkyl halides is 1. The number of methoxy groups -OCH3 is 1. The van der Waals surface area contributed by atoms with E-state index in [9.17, 15) is 8.42 Å². The van der Waals surface area contributed by atoms with Gasteiger partial charge in [0, 0.05) is 20.2 Å². The Morgan fingerprint density at radius 2 is 1.67 bits per heavy atom. The Balaban J connectivity index is 1.88. The van der Waals surface area contributed by atoms with Crippen molar-refractivity contribution in [2.45, 2.75) is 21.7 Å². The third kappa shape index (κ3) is 3.04. The second-order valence-corrected chi connectivity index (χ2v) is 8.90. The van der Waals surface area contributed by atoms with Crippen LogP contribution in [0.5, 0.6) is 0 Å². The molecule has 1 saturated heterocycles. The van der Waals surface area contributed by atoms with Gasteiger partial charge < -0.3 is 4.74 Å². The monoisotopic (exact) mass is 409 g/mol. The van der Waals surface area contributed by atoms with Crippen LogP contribution in [0.3, 0.4) is 0 Å². The van der Waals surface area contributed by atoms with Gasteiger partial charge >= 0.3 is 0 Å². The molecule has 4 nitrogen and oxygen atoms in total. The number of halogens is 1. The Hall–Kier alpha value is -1.21. The van der Waals surface area contributed by atoms with E-state index in [2.05, 4.69) is 15.9 Å². The summed E-state index contributed by atoms with van der Waals surface area (Å²) in [7, 11) is -1.80. The van der Waals surface area contributed by atoms with Gasteiger partial charge in [-0.25, -0.2) is 8.42 Å². The first-order valence-corrected chi connectivity index (χ1v) is 10.2. The molecule has 0 N–H and O–H groups in total. The van der Waals surface area contributed by atoms with Crippen LogP contribution in [0.15, 0.2) is 65.6 Å². The van der Waals surface area contributed by atoms with Crippen molar-refractivity contribution in [2.24, 2.45) is 0 Å². The maximum atomic E-state index is 12.8. The zero-order chi connectivity index (χ0) is 17.2. The summed E-state index contributed by atoms with van der Waals surface area (Å²) in [6.07, 6.45) is 0.593. The van der Waals surface area contributed by atoms with E-state index in [1.807, 2.05) is 36.4 Å². The van der Waals surface area contributed by atoms with E-state index in [0.717, 1.165) is 5.56 Å². The predicted octanol–water partition coefficient (Wildman–Crippen LogP) is 3.39. The molecule has 0 aromatic heterocycles. The molecule has 2 aromatic carbocycles. The molecule has 1 heterocycles. The molecule has 0 bridgehead atoms. The maximum absolute atomic E-state index is 12.8. The van der Waals surface area contributed by atoms with Gasteiger partial charge in [-0.05, 0) is 24.1 Å². The molecule has 0 spiro atoms. The van der Waals surface area contributed by atoms with Crippen LogP contribution in [-0.2, 0) is 20.4 Å². The minimum atomic E-state index is -3.49. The van der Waals surface area contributed by atoms with Crippen LogP contribution in [-0.4, -0.2) is 37.7 Å². The minimum Gasteiger partial charge on any atom is -0.372 e. The first-order chi connectivity index (χ1) is 11.5. The van der Waals surface area contributed by atoms with Gasteiger partial charge in [0.15, 0.2) is 0 Å². The molecule has 128 valence electrons. The highest BCUT2D eigenvalue weighted by Gasteiger charge is 2.46. The van der Waals surface area contributed by atoms with E-state index in [1.54, 1.807) is 31.4 Å². The molecule has 0 amide bonds. The third-order valence-electron chi connectivity index (χ3n) is 4.61. The number of ether oxygens (including phenoxy) is 1. The summed E-state index contributed by atoms with van der Waals surface area (Å²) in [5.74, 6) is 0. The van der Waals surface area contributed by atoms with Crippen LogP contribution >= 0.6 is 15.9 Å². The van der Waals surface area contributed by atoms with Crippen LogP contribution < -0.4 is 0 Å². The average Bonchev–Trinajstić information content (AvgIpc) is 2.63. The summed E-state index contributed by atoms with van der Waals surface area (Å²) in [6, 6.07) is 18.5. The quantitative estimate of drug-likeness (QED) is 0.726. The molecule has 3 rings (SSSR count). The molecule has 1 aliphatic heterocycles. The Bertz CT molecular complexity index is 782. The van der Waals surface area contributed by atoms with Gasteiger partial charge in [-0.15, -0.1) is 0 Å². The number of benzene rings is 2. The molecular weight excluding hydrogens is 390 g/mol. The van der Waals surface area contributed by atoms with E-state index in [4.69, 9.17) is 4.74 Å². The summed E-state index contributed by atoms with van der Waals surface area (Å²) in [5, 5.41) is 0. The Morgan fingerprint density at radius 1 is 1.08 bits per heavy atom. The van der Waals surface area contributed by atoms with Crippen molar-refractivity contribution >= 4 is 26.0 Å². The number of nitrogens with zero attached hydrogens (tertiary/aromatic N) is 1. The molecule has 1 aliphatic rings. The molecule has 0 aliphatic carbocycles. The van der Waals surface area contributed by atoms with Gasteiger partial charge in [0.05, 0.1) is 9.72 Å². The first-order valence-electron chi connectivity index (χ1n) is 7.80. The zero-order valence-electron chi connectivity index (χ0n) is 13.4. The summed E-state index contributed by atoms with van der Waals surface area (Å²) in [6.45, 7) is 0.780. The van der Waals surface area contributed by atoms with Crippen LogP contribution in [0.25, 0.3) is 0 Å². The van der Waals surface area contributed by atoms with Crippen LogP contribution in [0, 0.1) is 0 Å². The third-order valence-corrected chi connectivity index (χ3v) is 7.52. The fourth-order valence-corrected chi connectivity index (χ4v) is 5.92. The van der Waals surface area contributed by atoms with Gasteiger partial charge in [-0.1, -0.05) is 64.5 Å². The van der Waals surface area contributed by atoms with Crippen molar-refractivity contribution < 1.29 is 13.2 Å². The van der Waals surface area contributed by atoms with Crippen molar-refractivity contribution in [1.82, 2.24) is 4.31 Å². The molecule has 2 atom stereocenters. The first kappa shape index (κ1) is 17.6. The van der Waals surface area contributed by atoms with Crippen molar-refractivity contribution in [3.8, 4) is 0 Å². The highest BCUT2D eigenvalue weighted by atomic mass is 79.9. The zero-order valence-corrected chi connectivity index (χ0v) is 15.8. The fourth-order valence-electron chi connectivity index (χ4n) is 3.22. The molecule has 24 heavy (non-hydrogen) atoms. The second kappa shape index (κ2) is 6.96. The standard InChI is InChI=1S/C18H20BrNO3S/c1-23-18(15-8-4-2-5-9-15)12-13-20(14-17(18)19)24(21,22)16-10-6-3-7-11-16/h2-11,17H,12-14H2,1H3/t17-,18+/m0/s1. The van der Waals surface area contributed by atoms with Crippen LogP contribution in [0.1, 0.15) is 12.0 Å². The van der Waals surface area contributed by atoms with E-state index in [0.29, 0.717) is 24.4 Å². The molecule has 2 aromatic rings. The Labute approximate surface area is 151 Å². The van der Waals surface area contributed by atoms with Crippen molar-refractivity contribution in [2.75, 3.05) is 20.2 Å². The lowest BCUT2D eigenvalue weighted by atomic mass is 9.84. The number of hydrogen-bond donors (Lipinski definition) is 0. The second-order valence-electron chi connectivity index (χ2n) is 5.85. The van der Waals surface area contributed by atoms with Gasteiger partial charge in [0.25, 0.3) is 0 Å². The molecule has 0 radical (unpaired) electrons. The number of piperidine rings is 1. The van der Waals surface area contributed by atoms with Crippen LogP contribution in [0.4, 0.5) is 0 Å². The number of hydrogen-bond acceptors (Lipinski definition) is 3. The largest absolute Gasteiger partial charge is 0.372 e. The summed E-state index contributed by atoms with van der Waals surface area (Å²) < 4.78 is 33.1. The number of sulfonamides is 1. The summed E-state index contributed by atoms with van der Waals surface area (Å²) in [4.78, 5) is 0.193. The predicted molar refractivity (Wildman–Crippen MR) is 97.7 cm³/mol. The molecule has 0 saturated carbocycles. The minimum absolute atomic E-state index is 0.135. The van der Waals surface area contributed by atoms with Gasteiger partial charge in [0.2, 0.25) is 10.0 Å². The smallest absolute Gasteiger partial charge is 0.243 e. The van der Waals surface area contributed by atoms with Gasteiger partial charge in [0.1, 0.15) is 5.60 Å². The van der Waals surface area contributed by atoms with E-state index >= 15 is 0 Å². The van der Waals surface area contributed by atoms with Gasteiger partial charge in [-0.2, -0.15) is 4.31 Å². The van der Waals surface area contributed by atoms with E-state index < -0.39 is 15.6 Å². The van der Waals surface area contributed by atoms with E-state index in [-0.39, 0.29) is 4.83 Å². The van der Waals surface area contributed by atoms with Crippen molar-refractivity contribution in [3.63, 3.8) is 0 Å². The summed E-state index contributed by atoms with van der Waals surface area (Å²) >= 11 is 3.68. The van der Waals surface area contributed by atoms with E-state index in [1.165, 1.54) is 4.31 Å². The fraction of sp³-hybridized carbons (Fsp3) is 0.333. The molecule has 1 fully saturated rings. The lowest BCUT2D eigenvalue weighted by Gasteiger charge is -2.44. The number of rotatable bonds is 4. The maximum Gasteiger partial charge on any atom is 0.243 e. The Morgan fingerprint density at radius 3 is 2.21 bits per heavy atom. The molecule has 0 unspecified atom stereocenters. The Kier molecular flexibility index (Phi) is 5.11. The average molecular weight is 410 g/mol. The SMILES string of the molecule is CO[C@@]1(c2ccccc2)CCN(S(=O)(=O)c2ccccc2)C[C@@H]1Br. The van der Waals surface area contributed by atoms with Crippen LogP contribution in [0.2, 0.25) is 0 Å². The lowest BCUT2D eigenvalue weighted by molar-refractivity contribution is -0.0431. The highest BCUT2D eigenvalue weighted by Crippen LogP contribution is 2.41. The van der Waals surface area contributed by atoms with Crippen molar-refractivity contribution in [1.29, 1.82) is 0 Å². The summed E-state index contributed by atoms with van der Waals surface area (Å²) in [5.41, 5.74) is 0.537. The molecular formula is C18H20BrNO3S. The normalized spacial score (nSPS) is 25.5. The highest BCUT2D eigenvalue weighted by molar-refractivity contribution is 9.09.